The van der Waals surface area contributed by atoms with E-state index in [1.807, 2.05) is 56.4 Å². The Bertz CT molecular complexity index is 1170. The zero-order valence-corrected chi connectivity index (χ0v) is 16.3. The van der Waals surface area contributed by atoms with E-state index in [4.69, 9.17) is 0 Å². The smallest absolute Gasteiger partial charge is 0.269 e. The second-order valence-electron chi connectivity index (χ2n) is 7.04. The van der Waals surface area contributed by atoms with Gasteiger partial charge < -0.3 is 9.55 Å². The molecule has 0 spiro atoms. The number of aryl methyl sites for hydroxylation is 2. The molecule has 4 aromatic rings. The van der Waals surface area contributed by atoms with E-state index >= 15 is 0 Å². The third kappa shape index (κ3) is 3.78. The number of para-hydroxylation sites is 1. The second kappa shape index (κ2) is 7.67. The quantitative estimate of drug-likeness (QED) is 0.469. The van der Waals surface area contributed by atoms with E-state index in [0.717, 1.165) is 33.5 Å². The van der Waals surface area contributed by atoms with Gasteiger partial charge in [0.25, 0.3) is 5.91 Å². The molecule has 2 aromatic carbocycles. The number of carbonyl (C=O) groups is 2. The lowest BCUT2D eigenvalue weighted by Crippen LogP contribution is -2.42. The van der Waals surface area contributed by atoms with Crippen LogP contribution in [0.1, 0.15) is 27.3 Å². The number of benzene rings is 2. The normalized spacial score (nSPS) is 10.8. The van der Waals surface area contributed by atoms with Crippen molar-refractivity contribution in [2.45, 2.75) is 20.3 Å². The molecule has 4 rings (SSSR count). The highest BCUT2D eigenvalue weighted by atomic mass is 16.2. The Morgan fingerprint density at radius 2 is 1.59 bits per heavy atom. The fourth-order valence-corrected chi connectivity index (χ4v) is 3.53. The van der Waals surface area contributed by atoms with Crippen LogP contribution < -0.4 is 10.9 Å². The number of aromatic nitrogens is 2. The zero-order valence-electron chi connectivity index (χ0n) is 16.3. The highest BCUT2D eigenvalue weighted by Crippen LogP contribution is 2.18. The molecule has 6 nitrogen and oxygen atoms in total. The van der Waals surface area contributed by atoms with E-state index < -0.39 is 0 Å². The molecule has 2 amide bonds. The number of amides is 2. The third-order valence-electron chi connectivity index (χ3n) is 5.00. The second-order valence-corrected chi connectivity index (χ2v) is 7.04. The van der Waals surface area contributed by atoms with Crippen molar-refractivity contribution in [1.82, 2.24) is 20.4 Å². The van der Waals surface area contributed by atoms with E-state index in [1.165, 1.54) is 0 Å². The molecule has 3 N–H and O–H groups in total. The molecular formula is C23H22N4O2. The van der Waals surface area contributed by atoms with Crippen molar-refractivity contribution in [3.63, 3.8) is 0 Å². The average molecular weight is 386 g/mol. The van der Waals surface area contributed by atoms with Gasteiger partial charge in [-0.1, -0.05) is 18.2 Å². The largest absolute Gasteiger partial charge is 0.361 e. The number of fused-ring (bicyclic) bond motifs is 1. The molecule has 146 valence electrons. The van der Waals surface area contributed by atoms with Crippen LogP contribution in [-0.2, 0) is 11.2 Å². The molecule has 6 heteroatoms. The van der Waals surface area contributed by atoms with Gasteiger partial charge in [0.05, 0.1) is 6.42 Å². The van der Waals surface area contributed by atoms with Gasteiger partial charge in [0, 0.05) is 39.7 Å². The molecule has 0 saturated heterocycles. The summed E-state index contributed by atoms with van der Waals surface area (Å²) in [5.41, 5.74) is 10.6. The molecule has 0 aliphatic heterocycles. The topological polar surface area (TPSA) is 78.9 Å². The summed E-state index contributed by atoms with van der Waals surface area (Å²) in [6.45, 7) is 4.08. The van der Waals surface area contributed by atoms with Crippen LogP contribution in [0, 0.1) is 13.8 Å². The molecule has 0 bridgehead atoms. The lowest BCUT2D eigenvalue weighted by molar-refractivity contribution is -0.121. The van der Waals surface area contributed by atoms with Gasteiger partial charge in [0.1, 0.15) is 0 Å². The molecule has 0 aliphatic carbocycles. The summed E-state index contributed by atoms with van der Waals surface area (Å²) in [5.74, 6) is -0.636. The minimum Gasteiger partial charge on any atom is -0.361 e. The lowest BCUT2D eigenvalue weighted by atomic mass is 10.1. The van der Waals surface area contributed by atoms with Crippen molar-refractivity contribution in [3.8, 4) is 5.69 Å². The first kappa shape index (κ1) is 18.6. The van der Waals surface area contributed by atoms with Gasteiger partial charge in [-0.15, -0.1) is 0 Å². The van der Waals surface area contributed by atoms with Crippen LogP contribution >= 0.6 is 0 Å². The molecule has 2 aromatic heterocycles. The van der Waals surface area contributed by atoms with Crippen LogP contribution in [0.4, 0.5) is 0 Å². The molecule has 0 radical (unpaired) electrons. The van der Waals surface area contributed by atoms with E-state index in [-0.39, 0.29) is 18.2 Å². The molecule has 2 heterocycles. The average Bonchev–Trinajstić information content (AvgIpc) is 3.29. The van der Waals surface area contributed by atoms with Gasteiger partial charge >= 0.3 is 0 Å². The van der Waals surface area contributed by atoms with Crippen molar-refractivity contribution in [2.24, 2.45) is 0 Å². The van der Waals surface area contributed by atoms with Crippen LogP contribution in [0.15, 0.2) is 66.9 Å². The number of nitrogens with zero attached hydrogens (tertiary/aromatic N) is 1. The van der Waals surface area contributed by atoms with Gasteiger partial charge in [-0.2, -0.15) is 0 Å². The van der Waals surface area contributed by atoms with E-state index in [0.29, 0.717) is 5.56 Å². The fourth-order valence-electron chi connectivity index (χ4n) is 3.53. The number of hydrazine groups is 1. The van der Waals surface area contributed by atoms with Crippen molar-refractivity contribution >= 4 is 22.7 Å². The van der Waals surface area contributed by atoms with Crippen LogP contribution in [0.3, 0.4) is 0 Å². The Morgan fingerprint density at radius 3 is 2.31 bits per heavy atom. The summed E-state index contributed by atoms with van der Waals surface area (Å²) in [7, 11) is 0. The Morgan fingerprint density at radius 1 is 0.897 bits per heavy atom. The highest BCUT2D eigenvalue weighted by Gasteiger charge is 2.11. The minimum absolute atomic E-state index is 0.176. The van der Waals surface area contributed by atoms with Gasteiger partial charge in [-0.05, 0) is 61.9 Å². The van der Waals surface area contributed by atoms with Crippen molar-refractivity contribution in [1.29, 1.82) is 0 Å². The summed E-state index contributed by atoms with van der Waals surface area (Å²) < 4.78 is 2.12. The monoisotopic (exact) mass is 386 g/mol. The van der Waals surface area contributed by atoms with Gasteiger partial charge in [-0.25, -0.2) is 0 Å². The lowest BCUT2D eigenvalue weighted by Gasteiger charge is -2.11. The summed E-state index contributed by atoms with van der Waals surface area (Å²) in [6, 6.07) is 19.2. The molecular weight excluding hydrogens is 364 g/mol. The molecule has 0 saturated carbocycles. The maximum Gasteiger partial charge on any atom is 0.269 e. The maximum atomic E-state index is 12.4. The Balaban J connectivity index is 1.37. The zero-order chi connectivity index (χ0) is 20.4. The Labute approximate surface area is 168 Å². The molecule has 0 unspecified atom stereocenters. The van der Waals surface area contributed by atoms with Gasteiger partial charge in [-0.3, -0.25) is 20.4 Å². The number of carbonyl (C=O) groups excluding carboxylic acids is 2. The summed E-state index contributed by atoms with van der Waals surface area (Å²) in [6.07, 6.45) is 1.99. The Hall–Kier alpha value is -3.80. The highest BCUT2D eigenvalue weighted by molar-refractivity contribution is 5.96. The maximum absolute atomic E-state index is 12.4. The third-order valence-corrected chi connectivity index (χ3v) is 5.00. The number of hydrogen-bond donors (Lipinski definition) is 3. The molecule has 29 heavy (non-hydrogen) atoms. The van der Waals surface area contributed by atoms with E-state index in [1.54, 1.807) is 12.1 Å². The molecule has 0 aliphatic rings. The summed E-state index contributed by atoms with van der Waals surface area (Å²) in [5, 5.41) is 1.00. The van der Waals surface area contributed by atoms with Crippen LogP contribution in [0.2, 0.25) is 0 Å². The molecule has 0 atom stereocenters. The molecule has 0 fully saturated rings. The number of hydrogen-bond acceptors (Lipinski definition) is 2. The minimum atomic E-state index is -0.357. The first-order valence-corrected chi connectivity index (χ1v) is 9.42. The predicted octanol–water partition coefficient (Wildman–Crippen LogP) is 3.58. The Kier molecular flexibility index (Phi) is 4.91. The first-order chi connectivity index (χ1) is 14.0. The summed E-state index contributed by atoms with van der Waals surface area (Å²) >= 11 is 0. The first-order valence-electron chi connectivity index (χ1n) is 9.42. The predicted molar refractivity (Wildman–Crippen MR) is 113 cm³/mol. The van der Waals surface area contributed by atoms with Crippen LogP contribution in [-0.4, -0.2) is 21.4 Å². The van der Waals surface area contributed by atoms with Crippen molar-refractivity contribution < 1.29 is 9.59 Å². The number of rotatable bonds is 4. The summed E-state index contributed by atoms with van der Waals surface area (Å²) in [4.78, 5) is 27.7. The number of nitrogens with one attached hydrogen (secondary N) is 3. The van der Waals surface area contributed by atoms with Gasteiger partial charge in [0.15, 0.2) is 0 Å². The van der Waals surface area contributed by atoms with Crippen molar-refractivity contribution in [2.75, 3.05) is 0 Å². The van der Waals surface area contributed by atoms with Gasteiger partial charge in [0.2, 0.25) is 5.91 Å². The fraction of sp³-hybridized carbons (Fsp3) is 0.130. The number of H-pyrrole nitrogens is 1. The van der Waals surface area contributed by atoms with Crippen molar-refractivity contribution in [3.05, 3.63) is 89.4 Å². The van der Waals surface area contributed by atoms with Crippen LogP contribution in [0.5, 0.6) is 0 Å². The van der Waals surface area contributed by atoms with Crippen LogP contribution in [0.25, 0.3) is 16.6 Å². The van der Waals surface area contributed by atoms with E-state index in [9.17, 15) is 9.59 Å². The standard InChI is InChI=1S/C23H22N4O2/c1-15-7-8-16(2)27(15)19-11-9-17(10-12-19)23(29)26-25-22(28)13-18-14-24-21-6-4-3-5-20(18)21/h3-12,14,24H,13H2,1-2H3,(H,25,28)(H,26,29). The SMILES string of the molecule is Cc1ccc(C)n1-c1ccc(C(=O)NNC(=O)Cc2c[nH]c3ccccc23)cc1. The van der Waals surface area contributed by atoms with E-state index in [2.05, 4.69) is 32.5 Å². The number of aromatic amines is 1.